The first-order valence-electron chi connectivity index (χ1n) is 5.80. The van der Waals surface area contributed by atoms with E-state index in [1.54, 1.807) is 0 Å². The lowest BCUT2D eigenvalue weighted by molar-refractivity contribution is 0.544. The molecule has 6 nitrogen and oxygen atoms in total. The summed E-state index contributed by atoms with van der Waals surface area (Å²) in [4.78, 5) is 5.31. The Labute approximate surface area is 120 Å². The Bertz CT molecular complexity index is 698. The van der Waals surface area contributed by atoms with E-state index >= 15 is 0 Å². The van der Waals surface area contributed by atoms with E-state index in [9.17, 15) is 12.8 Å². The molecular weight excluding hydrogens is 303 g/mol. The molecule has 20 heavy (non-hydrogen) atoms. The quantitative estimate of drug-likeness (QED) is 0.896. The number of aromatic nitrogens is 3. The molecule has 0 aromatic carbocycles. The highest BCUT2D eigenvalue weighted by Gasteiger charge is 2.16. The summed E-state index contributed by atoms with van der Waals surface area (Å²) in [5, 5.41) is 7.05. The molecule has 0 amide bonds. The predicted molar refractivity (Wildman–Crippen MR) is 72.5 cm³/mol. The van der Waals surface area contributed by atoms with Gasteiger partial charge in [-0.05, 0) is 32.4 Å². The van der Waals surface area contributed by atoms with Crippen LogP contribution in [0.2, 0.25) is 0 Å². The second-order valence-electron chi connectivity index (χ2n) is 4.08. The first-order valence-corrected chi connectivity index (χ1v) is 8.10. The topological polar surface area (TPSA) is 84.8 Å². The fourth-order valence-electron chi connectivity index (χ4n) is 1.63. The fraction of sp³-hybridized carbons (Fsp3) is 0.364. The van der Waals surface area contributed by atoms with Crippen LogP contribution in [-0.4, -0.2) is 30.1 Å². The summed E-state index contributed by atoms with van der Waals surface area (Å²) < 4.78 is 38.8. The van der Waals surface area contributed by atoms with Crippen LogP contribution < -0.4 is 4.72 Å². The molecule has 0 fully saturated rings. The van der Waals surface area contributed by atoms with Gasteiger partial charge in [0.2, 0.25) is 5.95 Å². The largest absolute Gasteiger partial charge is 0.259 e. The van der Waals surface area contributed by atoms with Gasteiger partial charge < -0.3 is 0 Å². The van der Waals surface area contributed by atoms with E-state index in [1.165, 1.54) is 11.3 Å². The van der Waals surface area contributed by atoms with Gasteiger partial charge in [0.05, 0.1) is 10.7 Å². The molecule has 108 valence electrons. The lowest BCUT2D eigenvalue weighted by Gasteiger charge is -2.04. The molecule has 0 radical (unpaired) electrons. The molecule has 0 spiro atoms. The van der Waals surface area contributed by atoms with Gasteiger partial charge in [-0.2, -0.15) is 4.39 Å². The number of hydrogen-bond acceptors (Lipinski definition) is 6. The Morgan fingerprint density at radius 2 is 2.05 bits per heavy atom. The molecule has 2 aromatic heterocycles. The first kappa shape index (κ1) is 14.9. The molecule has 0 saturated carbocycles. The predicted octanol–water partition coefficient (Wildman–Crippen LogP) is 1.21. The van der Waals surface area contributed by atoms with Crippen molar-refractivity contribution in [3.05, 3.63) is 33.7 Å². The molecule has 1 N–H and O–H groups in total. The molecule has 0 saturated heterocycles. The number of nitrogens with one attached hydrogen (secondary N) is 1. The molecule has 0 unspecified atom stereocenters. The third-order valence-corrected chi connectivity index (χ3v) is 5.01. The van der Waals surface area contributed by atoms with Crippen molar-refractivity contribution in [1.82, 2.24) is 19.9 Å². The monoisotopic (exact) mass is 316 g/mol. The summed E-state index contributed by atoms with van der Waals surface area (Å²) in [5.74, 6) is -0.820. The minimum absolute atomic E-state index is 0.226. The lowest BCUT2D eigenvalue weighted by Crippen LogP contribution is -2.27. The fourth-order valence-corrected chi connectivity index (χ4v) is 3.48. The zero-order valence-corrected chi connectivity index (χ0v) is 12.6. The SMILES string of the molecule is Cc1nc(C)c(CCNS(=O)(=O)c2ccc(F)nn2)s1. The van der Waals surface area contributed by atoms with E-state index < -0.39 is 16.0 Å². The Morgan fingerprint density at radius 1 is 1.30 bits per heavy atom. The van der Waals surface area contributed by atoms with Gasteiger partial charge in [-0.15, -0.1) is 21.5 Å². The molecular formula is C11H13FN4O2S2. The number of thiazole rings is 1. The smallest absolute Gasteiger partial charge is 0.247 e. The molecule has 0 aliphatic rings. The maximum atomic E-state index is 12.6. The molecule has 0 aliphatic carbocycles. The highest BCUT2D eigenvalue weighted by atomic mass is 32.2. The molecule has 0 aliphatic heterocycles. The van der Waals surface area contributed by atoms with Gasteiger partial charge in [0.1, 0.15) is 0 Å². The third kappa shape index (κ3) is 3.56. The second kappa shape index (κ2) is 5.90. The van der Waals surface area contributed by atoms with Crippen LogP contribution in [0.4, 0.5) is 4.39 Å². The van der Waals surface area contributed by atoms with E-state index in [4.69, 9.17) is 0 Å². The van der Waals surface area contributed by atoms with Crippen LogP contribution in [0.15, 0.2) is 17.2 Å². The van der Waals surface area contributed by atoms with Crippen molar-refractivity contribution in [2.45, 2.75) is 25.3 Å². The van der Waals surface area contributed by atoms with E-state index in [1.807, 2.05) is 13.8 Å². The first-order chi connectivity index (χ1) is 9.38. The van der Waals surface area contributed by atoms with Gasteiger partial charge in [0.15, 0.2) is 5.03 Å². The third-order valence-electron chi connectivity index (χ3n) is 2.53. The number of hydrogen-bond donors (Lipinski definition) is 1. The minimum Gasteiger partial charge on any atom is -0.247 e. The summed E-state index contributed by atoms with van der Waals surface area (Å²) >= 11 is 1.54. The number of aryl methyl sites for hydroxylation is 2. The maximum absolute atomic E-state index is 12.6. The van der Waals surface area contributed by atoms with Crippen LogP contribution in [-0.2, 0) is 16.4 Å². The standard InChI is InChI=1S/C11H13FN4O2S2/c1-7-9(19-8(2)14-7)5-6-13-20(17,18)11-4-3-10(12)15-16-11/h3-4,13H,5-6H2,1-2H3. The van der Waals surface area contributed by atoms with Gasteiger partial charge >= 0.3 is 0 Å². The summed E-state index contributed by atoms with van der Waals surface area (Å²) in [5.41, 5.74) is 0.910. The van der Waals surface area contributed by atoms with E-state index in [-0.39, 0.29) is 11.6 Å². The molecule has 2 rings (SSSR count). The lowest BCUT2D eigenvalue weighted by atomic mass is 10.3. The van der Waals surface area contributed by atoms with Gasteiger partial charge in [-0.3, -0.25) is 0 Å². The summed E-state index contributed by atoms with van der Waals surface area (Å²) in [6, 6.07) is 2.03. The normalized spacial score (nSPS) is 11.8. The number of sulfonamides is 1. The Hall–Kier alpha value is -1.45. The molecule has 0 atom stereocenters. The van der Waals surface area contributed by atoms with Gasteiger partial charge in [-0.25, -0.2) is 18.1 Å². The van der Waals surface area contributed by atoms with E-state index in [0.717, 1.165) is 27.7 Å². The van der Waals surface area contributed by atoms with Crippen LogP contribution in [0.3, 0.4) is 0 Å². The minimum atomic E-state index is -3.76. The Morgan fingerprint density at radius 3 is 2.60 bits per heavy atom. The van der Waals surface area contributed by atoms with Crippen LogP contribution in [0, 0.1) is 19.8 Å². The van der Waals surface area contributed by atoms with Crippen LogP contribution in [0.5, 0.6) is 0 Å². The van der Waals surface area contributed by atoms with Gasteiger partial charge in [-0.1, -0.05) is 0 Å². The second-order valence-corrected chi connectivity index (χ2v) is 7.09. The molecule has 2 aromatic rings. The summed E-state index contributed by atoms with van der Waals surface area (Å²) in [7, 11) is -3.76. The number of nitrogens with zero attached hydrogens (tertiary/aromatic N) is 3. The van der Waals surface area contributed by atoms with Crippen molar-refractivity contribution < 1.29 is 12.8 Å². The summed E-state index contributed by atoms with van der Waals surface area (Å²) in [6.07, 6.45) is 0.547. The van der Waals surface area contributed by atoms with Gasteiger partial charge in [0.25, 0.3) is 10.0 Å². The van der Waals surface area contributed by atoms with Crippen molar-refractivity contribution >= 4 is 21.4 Å². The van der Waals surface area contributed by atoms with Crippen molar-refractivity contribution in [3.63, 3.8) is 0 Å². The zero-order valence-electron chi connectivity index (χ0n) is 10.9. The highest BCUT2D eigenvalue weighted by Crippen LogP contribution is 2.17. The van der Waals surface area contributed by atoms with E-state index in [0.29, 0.717) is 6.42 Å². The average Bonchev–Trinajstić information content (AvgIpc) is 2.68. The highest BCUT2D eigenvalue weighted by molar-refractivity contribution is 7.89. The van der Waals surface area contributed by atoms with Crippen molar-refractivity contribution in [1.29, 1.82) is 0 Å². The van der Waals surface area contributed by atoms with Crippen molar-refractivity contribution in [2.75, 3.05) is 6.54 Å². The number of rotatable bonds is 5. The van der Waals surface area contributed by atoms with Crippen LogP contribution >= 0.6 is 11.3 Å². The molecule has 0 bridgehead atoms. The zero-order chi connectivity index (χ0) is 14.8. The average molecular weight is 316 g/mol. The Balaban J connectivity index is 1.99. The number of halogens is 1. The maximum Gasteiger partial charge on any atom is 0.259 e. The van der Waals surface area contributed by atoms with Gasteiger partial charge in [0, 0.05) is 11.4 Å². The summed E-state index contributed by atoms with van der Waals surface area (Å²) in [6.45, 7) is 4.02. The van der Waals surface area contributed by atoms with E-state index in [2.05, 4.69) is 19.9 Å². The van der Waals surface area contributed by atoms with Crippen molar-refractivity contribution in [3.8, 4) is 0 Å². The van der Waals surface area contributed by atoms with Crippen molar-refractivity contribution in [2.24, 2.45) is 0 Å². The van der Waals surface area contributed by atoms with Crippen LogP contribution in [0.25, 0.3) is 0 Å². The Kier molecular flexibility index (Phi) is 4.41. The molecule has 9 heteroatoms. The molecule has 2 heterocycles. The van der Waals surface area contributed by atoms with Crippen LogP contribution in [0.1, 0.15) is 15.6 Å².